The van der Waals surface area contributed by atoms with Crippen LogP contribution in [-0.2, 0) is 0 Å². The molecule has 3 heterocycles. The van der Waals surface area contributed by atoms with Gasteiger partial charge >= 0.3 is 0 Å². The fraction of sp³-hybridized carbons (Fsp3) is 0.0952. The molecule has 5 rings (SSSR count). The molecule has 8 nitrogen and oxygen atoms in total. The average molecular weight is 419 g/mol. The Bertz CT molecular complexity index is 1350. The lowest BCUT2D eigenvalue weighted by molar-refractivity contribution is 0.100. The van der Waals surface area contributed by atoms with E-state index < -0.39 is 11.5 Å². The normalized spacial score (nSPS) is 13.1. The molecule has 2 aromatic carbocycles. The molecule has 0 atom stereocenters. The number of ether oxygens (including phenoxy) is 1. The van der Waals surface area contributed by atoms with Crippen LogP contribution in [0.4, 0.5) is 17.2 Å². The number of nitrogens with zero attached hydrogens (tertiary/aromatic N) is 3. The Morgan fingerprint density at radius 2 is 1.90 bits per heavy atom. The predicted molar refractivity (Wildman–Crippen MR) is 117 cm³/mol. The SMILES string of the molecule is NC(=O)c1cc2c(nc(N)c(=O)n2-c2ccc3c(c2)N(c2ccccc2)CCO3)s1. The summed E-state index contributed by atoms with van der Waals surface area (Å²) in [5, 5.41) is 0. The van der Waals surface area contributed by atoms with Gasteiger partial charge in [-0.25, -0.2) is 4.98 Å². The zero-order valence-electron chi connectivity index (χ0n) is 15.7. The number of benzene rings is 2. The molecule has 0 unspecified atom stereocenters. The van der Waals surface area contributed by atoms with Crippen LogP contribution >= 0.6 is 11.3 Å². The van der Waals surface area contributed by atoms with E-state index in [0.717, 1.165) is 28.5 Å². The highest BCUT2D eigenvalue weighted by atomic mass is 32.1. The number of hydrogen-bond acceptors (Lipinski definition) is 7. The number of carbonyl (C=O) groups excluding carboxylic acids is 1. The fourth-order valence-corrected chi connectivity index (χ4v) is 4.47. The summed E-state index contributed by atoms with van der Waals surface area (Å²) in [6, 6.07) is 17.0. The molecule has 0 bridgehead atoms. The zero-order chi connectivity index (χ0) is 20.8. The highest BCUT2D eigenvalue weighted by molar-refractivity contribution is 7.20. The lowest BCUT2D eigenvalue weighted by Gasteiger charge is -2.31. The average Bonchev–Trinajstić information content (AvgIpc) is 3.18. The summed E-state index contributed by atoms with van der Waals surface area (Å²) in [6.07, 6.45) is 0. The summed E-state index contributed by atoms with van der Waals surface area (Å²) < 4.78 is 7.27. The van der Waals surface area contributed by atoms with E-state index in [1.54, 1.807) is 12.1 Å². The molecule has 1 aliphatic rings. The number of hydrogen-bond donors (Lipinski definition) is 2. The standard InChI is InChI=1S/C21H17N5O3S/c22-18-21(28)26(15-11-17(19(23)27)30-20(15)24-18)13-6-7-16-14(10-13)25(8-9-29-16)12-4-2-1-3-5-12/h1-7,10-11H,8-9H2,(H2,22,24)(H2,23,27). The van der Waals surface area contributed by atoms with Crippen LogP contribution in [0.2, 0.25) is 0 Å². The van der Waals surface area contributed by atoms with E-state index in [9.17, 15) is 9.59 Å². The van der Waals surface area contributed by atoms with Crippen LogP contribution in [0.1, 0.15) is 9.67 Å². The maximum Gasteiger partial charge on any atom is 0.298 e. The Kier molecular flexibility index (Phi) is 4.18. The van der Waals surface area contributed by atoms with E-state index >= 15 is 0 Å². The van der Waals surface area contributed by atoms with Gasteiger partial charge in [0, 0.05) is 5.69 Å². The predicted octanol–water partition coefficient (Wildman–Crippen LogP) is 2.66. The Morgan fingerprint density at radius 1 is 1.10 bits per heavy atom. The van der Waals surface area contributed by atoms with E-state index in [4.69, 9.17) is 16.2 Å². The van der Waals surface area contributed by atoms with Crippen LogP contribution in [0.15, 0.2) is 59.4 Å². The van der Waals surface area contributed by atoms with E-state index in [2.05, 4.69) is 9.88 Å². The Morgan fingerprint density at radius 3 is 2.67 bits per heavy atom. The zero-order valence-corrected chi connectivity index (χ0v) is 16.6. The van der Waals surface area contributed by atoms with Gasteiger partial charge in [-0.2, -0.15) is 0 Å². The first-order chi connectivity index (χ1) is 14.5. The Balaban J connectivity index is 1.73. The Hall–Kier alpha value is -3.85. The van der Waals surface area contributed by atoms with Crippen LogP contribution in [0.25, 0.3) is 16.0 Å². The van der Waals surface area contributed by atoms with Crippen molar-refractivity contribution >= 4 is 44.8 Å². The summed E-state index contributed by atoms with van der Waals surface area (Å²) in [6.45, 7) is 1.23. The van der Waals surface area contributed by atoms with Crippen LogP contribution in [0, 0.1) is 0 Å². The molecule has 9 heteroatoms. The lowest BCUT2D eigenvalue weighted by atomic mass is 10.1. The number of aromatic nitrogens is 2. The molecule has 1 amide bonds. The van der Waals surface area contributed by atoms with Crippen molar-refractivity contribution in [2.24, 2.45) is 5.73 Å². The number of nitrogen functional groups attached to an aromatic ring is 1. The molecule has 0 aliphatic carbocycles. The number of nitrogens with two attached hydrogens (primary N) is 2. The van der Waals surface area contributed by atoms with E-state index in [0.29, 0.717) is 34.1 Å². The summed E-state index contributed by atoms with van der Waals surface area (Å²) >= 11 is 1.10. The number of fused-ring (bicyclic) bond motifs is 2. The van der Waals surface area contributed by atoms with E-state index in [1.807, 2.05) is 42.5 Å². The number of anilines is 3. The first-order valence-electron chi connectivity index (χ1n) is 9.24. The van der Waals surface area contributed by atoms with Gasteiger partial charge in [0.1, 0.15) is 17.2 Å². The molecule has 30 heavy (non-hydrogen) atoms. The summed E-state index contributed by atoms with van der Waals surface area (Å²) in [5.74, 6) is 0.00207. The first kappa shape index (κ1) is 18.2. The van der Waals surface area contributed by atoms with Gasteiger partial charge in [0.2, 0.25) is 0 Å². The van der Waals surface area contributed by atoms with Crippen molar-refractivity contribution in [2.45, 2.75) is 0 Å². The van der Waals surface area contributed by atoms with Crippen molar-refractivity contribution in [3.8, 4) is 11.4 Å². The molecule has 0 saturated carbocycles. The van der Waals surface area contributed by atoms with Crippen molar-refractivity contribution in [3.63, 3.8) is 0 Å². The van der Waals surface area contributed by atoms with Gasteiger partial charge in [-0.05, 0) is 36.4 Å². The topological polar surface area (TPSA) is 116 Å². The highest BCUT2D eigenvalue weighted by Gasteiger charge is 2.22. The fourth-order valence-electron chi connectivity index (χ4n) is 3.59. The summed E-state index contributed by atoms with van der Waals surface area (Å²) in [7, 11) is 0. The highest BCUT2D eigenvalue weighted by Crippen LogP contribution is 2.38. The molecular weight excluding hydrogens is 402 g/mol. The maximum atomic E-state index is 12.9. The minimum absolute atomic E-state index is 0.144. The number of rotatable bonds is 3. The smallest absolute Gasteiger partial charge is 0.298 e. The largest absolute Gasteiger partial charge is 0.490 e. The lowest BCUT2D eigenvalue weighted by Crippen LogP contribution is -2.29. The molecule has 4 aromatic rings. The van der Waals surface area contributed by atoms with Crippen molar-refractivity contribution in [2.75, 3.05) is 23.8 Å². The van der Waals surface area contributed by atoms with Gasteiger partial charge in [-0.3, -0.25) is 14.2 Å². The molecule has 0 spiro atoms. The third-order valence-corrected chi connectivity index (χ3v) is 5.99. The summed E-state index contributed by atoms with van der Waals surface area (Å²) in [4.78, 5) is 31.6. The van der Waals surface area contributed by atoms with E-state index in [1.165, 1.54) is 4.57 Å². The number of carbonyl (C=O) groups is 1. The van der Waals surface area contributed by atoms with Crippen molar-refractivity contribution in [1.29, 1.82) is 0 Å². The van der Waals surface area contributed by atoms with E-state index in [-0.39, 0.29) is 5.82 Å². The van der Waals surface area contributed by atoms with Crippen molar-refractivity contribution in [1.82, 2.24) is 9.55 Å². The molecule has 4 N–H and O–H groups in total. The third-order valence-electron chi connectivity index (χ3n) is 4.95. The van der Waals surface area contributed by atoms with Crippen LogP contribution < -0.4 is 26.7 Å². The molecule has 0 fully saturated rings. The molecule has 0 radical (unpaired) electrons. The Labute approximate surface area is 174 Å². The van der Waals surface area contributed by atoms with Gasteiger partial charge in [0.15, 0.2) is 5.82 Å². The second-order valence-electron chi connectivity index (χ2n) is 6.79. The molecule has 150 valence electrons. The van der Waals surface area contributed by atoms with Gasteiger partial charge in [0.05, 0.1) is 28.3 Å². The summed E-state index contributed by atoms with van der Waals surface area (Å²) in [5.41, 5.74) is 13.8. The maximum absolute atomic E-state index is 12.9. The number of para-hydroxylation sites is 1. The second-order valence-corrected chi connectivity index (χ2v) is 7.82. The third kappa shape index (κ3) is 2.87. The molecule has 2 aromatic heterocycles. The second kappa shape index (κ2) is 6.89. The molecular formula is C21H17N5O3S. The van der Waals surface area contributed by atoms with Crippen LogP contribution in [0.5, 0.6) is 5.75 Å². The van der Waals surface area contributed by atoms with Gasteiger partial charge < -0.3 is 21.1 Å². The monoisotopic (exact) mass is 419 g/mol. The number of thiophene rings is 1. The van der Waals surface area contributed by atoms with Crippen molar-refractivity contribution in [3.05, 3.63) is 69.8 Å². The quantitative estimate of drug-likeness (QED) is 0.527. The molecule has 1 aliphatic heterocycles. The van der Waals surface area contributed by atoms with Crippen LogP contribution in [-0.4, -0.2) is 28.6 Å². The van der Waals surface area contributed by atoms with Gasteiger partial charge in [0.25, 0.3) is 11.5 Å². The van der Waals surface area contributed by atoms with Crippen LogP contribution in [0.3, 0.4) is 0 Å². The van der Waals surface area contributed by atoms with Gasteiger partial charge in [-0.15, -0.1) is 11.3 Å². The minimum Gasteiger partial charge on any atom is -0.490 e. The number of primary amides is 1. The number of amides is 1. The first-order valence-corrected chi connectivity index (χ1v) is 10.1. The van der Waals surface area contributed by atoms with Crippen molar-refractivity contribution < 1.29 is 9.53 Å². The molecule has 0 saturated heterocycles. The minimum atomic E-state index is -0.579. The van der Waals surface area contributed by atoms with Gasteiger partial charge in [-0.1, -0.05) is 18.2 Å².